The summed E-state index contributed by atoms with van der Waals surface area (Å²) in [5.74, 6) is -0.390. The molecule has 3 rings (SSSR count). The lowest BCUT2D eigenvalue weighted by Gasteiger charge is -2.04. The third-order valence-corrected chi connectivity index (χ3v) is 5.16. The molecule has 3 nitrogen and oxygen atoms in total. The quantitative estimate of drug-likeness (QED) is 0.575. The van der Waals surface area contributed by atoms with E-state index in [1.165, 1.54) is 11.3 Å². The molecule has 0 N–H and O–H groups in total. The highest BCUT2D eigenvalue weighted by molar-refractivity contribution is 7.16. The number of aromatic nitrogens is 1. The van der Waals surface area contributed by atoms with Gasteiger partial charge in [-0.1, -0.05) is 52.7 Å². The lowest BCUT2D eigenvalue weighted by molar-refractivity contribution is 0.0998. The second-order valence-corrected chi connectivity index (χ2v) is 7.10. The van der Waals surface area contributed by atoms with Crippen LogP contribution in [0.1, 0.15) is 15.9 Å². The van der Waals surface area contributed by atoms with E-state index < -0.39 is 5.91 Å². The van der Waals surface area contributed by atoms with Crippen LogP contribution in [0.25, 0.3) is 10.2 Å². The first-order chi connectivity index (χ1) is 11.5. The van der Waals surface area contributed by atoms with E-state index in [4.69, 9.17) is 23.2 Å². The van der Waals surface area contributed by atoms with Crippen LogP contribution < -0.4 is 4.80 Å². The Kier molecular flexibility index (Phi) is 4.90. The van der Waals surface area contributed by atoms with Crippen molar-refractivity contribution < 1.29 is 4.79 Å². The van der Waals surface area contributed by atoms with Gasteiger partial charge in [0.05, 0.1) is 20.8 Å². The van der Waals surface area contributed by atoms with E-state index in [1.807, 2.05) is 29.7 Å². The normalized spacial score (nSPS) is 11.9. The molecule has 24 heavy (non-hydrogen) atoms. The molecule has 0 aliphatic rings. The minimum absolute atomic E-state index is 0.295. The smallest absolute Gasteiger partial charge is 0.281 e. The zero-order valence-electron chi connectivity index (χ0n) is 12.9. The lowest BCUT2D eigenvalue weighted by Crippen LogP contribution is -2.16. The van der Waals surface area contributed by atoms with Crippen molar-refractivity contribution in [3.05, 3.63) is 75.0 Å². The van der Waals surface area contributed by atoms with E-state index in [0.29, 0.717) is 27.0 Å². The molecular weight excluding hydrogens is 363 g/mol. The van der Waals surface area contributed by atoms with Crippen LogP contribution in [0.4, 0.5) is 0 Å². The van der Waals surface area contributed by atoms with Crippen molar-refractivity contribution in [2.75, 3.05) is 0 Å². The minimum Gasteiger partial charge on any atom is -0.312 e. The topological polar surface area (TPSA) is 34.4 Å². The molecule has 0 fully saturated rings. The van der Waals surface area contributed by atoms with Gasteiger partial charge >= 0.3 is 0 Å². The number of carbonyl (C=O) groups is 1. The van der Waals surface area contributed by atoms with Crippen molar-refractivity contribution in [1.29, 1.82) is 0 Å². The molecule has 0 saturated heterocycles. The third-order valence-electron chi connectivity index (χ3n) is 3.57. The van der Waals surface area contributed by atoms with Crippen molar-refractivity contribution in [1.82, 2.24) is 4.57 Å². The average molecular weight is 377 g/mol. The highest BCUT2D eigenvalue weighted by Crippen LogP contribution is 2.23. The minimum atomic E-state index is -0.390. The number of nitrogens with zero attached hydrogens (tertiary/aromatic N) is 2. The molecule has 0 atom stereocenters. The molecule has 0 unspecified atom stereocenters. The number of fused-ring (bicyclic) bond motifs is 1. The summed E-state index contributed by atoms with van der Waals surface area (Å²) in [5, 5.41) is 0.777. The van der Waals surface area contributed by atoms with Crippen molar-refractivity contribution >= 4 is 50.7 Å². The Hall–Kier alpha value is -1.88. The monoisotopic (exact) mass is 376 g/mol. The maximum absolute atomic E-state index is 12.5. The summed E-state index contributed by atoms with van der Waals surface area (Å²) in [6, 6.07) is 10.8. The molecule has 0 radical (unpaired) electrons. The Labute approximate surface area is 153 Å². The van der Waals surface area contributed by atoms with E-state index in [0.717, 1.165) is 15.8 Å². The van der Waals surface area contributed by atoms with Gasteiger partial charge in [0.2, 0.25) is 0 Å². The van der Waals surface area contributed by atoms with Gasteiger partial charge < -0.3 is 4.57 Å². The summed E-state index contributed by atoms with van der Waals surface area (Å²) in [6.07, 6.45) is 1.79. The van der Waals surface area contributed by atoms with Crippen LogP contribution in [0.15, 0.2) is 54.0 Å². The van der Waals surface area contributed by atoms with Crippen molar-refractivity contribution in [2.24, 2.45) is 4.99 Å². The first kappa shape index (κ1) is 17.0. The van der Waals surface area contributed by atoms with Gasteiger partial charge in [0.1, 0.15) is 0 Å². The predicted molar refractivity (Wildman–Crippen MR) is 101 cm³/mol. The molecule has 2 aromatic carbocycles. The number of hydrogen-bond acceptors (Lipinski definition) is 2. The fourth-order valence-electron chi connectivity index (χ4n) is 2.50. The van der Waals surface area contributed by atoms with E-state index in [9.17, 15) is 4.79 Å². The summed E-state index contributed by atoms with van der Waals surface area (Å²) in [4.78, 5) is 17.4. The molecule has 0 bridgehead atoms. The highest BCUT2D eigenvalue weighted by Gasteiger charge is 2.12. The van der Waals surface area contributed by atoms with Crippen LogP contribution in [-0.2, 0) is 6.54 Å². The van der Waals surface area contributed by atoms with Crippen LogP contribution >= 0.6 is 34.5 Å². The standard InChI is InChI=1S/C18H14Cl2N2OS/c1-3-9-22-16-11(2)5-4-6-15(16)24-18(22)21-17(23)13-8-7-12(19)10-14(13)20/h3-8,10H,1,9H2,2H3. The van der Waals surface area contributed by atoms with Crippen LogP contribution in [0.2, 0.25) is 10.0 Å². The molecule has 0 aliphatic carbocycles. The van der Waals surface area contributed by atoms with Crippen LogP contribution in [-0.4, -0.2) is 10.5 Å². The van der Waals surface area contributed by atoms with Gasteiger partial charge in [0, 0.05) is 11.6 Å². The zero-order valence-corrected chi connectivity index (χ0v) is 15.3. The van der Waals surface area contributed by atoms with Crippen LogP contribution in [0, 0.1) is 6.92 Å². The molecule has 0 aliphatic heterocycles. The van der Waals surface area contributed by atoms with Gasteiger partial charge in [0.15, 0.2) is 4.80 Å². The van der Waals surface area contributed by atoms with Crippen LogP contribution in [0.5, 0.6) is 0 Å². The van der Waals surface area contributed by atoms with E-state index in [-0.39, 0.29) is 0 Å². The number of halogens is 2. The Balaban J connectivity index is 2.19. The van der Waals surface area contributed by atoms with E-state index >= 15 is 0 Å². The molecule has 1 amide bonds. The molecule has 6 heteroatoms. The number of allylic oxidation sites excluding steroid dienone is 1. The fraction of sp³-hybridized carbons (Fsp3) is 0.111. The summed E-state index contributed by atoms with van der Waals surface area (Å²) in [6.45, 7) is 6.41. The first-order valence-electron chi connectivity index (χ1n) is 7.25. The maximum Gasteiger partial charge on any atom is 0.281 e. The molecule has 122 valence electrons. The third kappa shape index (κ3) is 3.18. The van der Waals surface area contributed by atoms with Crippen LogP contribution in [0.3, 0.4) is 0 Å². The van der Waals surface area contributed by atoms with E-state index in [2.05, 4.69) is 11.6 Å². The SMILES string of the molecule is C=CCn1c(=NC(=O)c2ccc(Cl)cc2Cl)sc2cccc(C)c21. The van der Waals surface area contributed by atoms with Crippen molar-refractivity contribution in [3.8, 4) is 0 Å². The largest absolute Gasteiger partial charge is 0.312 e. The fourth-order valence-corrected chi connectivity index (χ4v) is 4.11. The molecule has 0 saturated carbocycles. The highest BCUT2D eigenvalue weighted by atomic mass is 35.5. The van der Waals surface area contributed by atoms with Gasteiger partial charge in [-0.15, -0.1) is 6.58 Å². The number of amides is 1. The van der Waals surface area contributed by atoms with E-state index in [1.54, 1.807) is 24.3 Å². The maximum atomic E-state index is 12.5. The van der Waals surface area contributed by atoms with Gasteiger partial charge in [-0.2, -0.15) is 4.99 Å². The van der Waals surface area contributed by atoms with Gasteiger partial charge in [-0.05, 0) is 36.8 Å². The number of benzene rings is 2. The molecular formula is C18H14Cl2N2OS. The summed E-state index contributed by atoms with van der Waals surface area (Å²) in [5.41, 5.74) is 2.53. The molecule has 1 aromatic heterocycles. The number of thiazole rings is 1. The van der Waals surface area contributed by atoms with Crippen molar-refractivity contribution in [3.63, 3.8) is 0 Å². The Morgan fingerprint density at radius 2 is 2.12 bits per heavy atom. The zero-order chi connectivity index (χ0) is 17.3. The van der Waals surface area contributed by atoms with Crippen molar-refractivity contribution in [2.45, 2.75) is 13.5 Å². The molecule has 0 spiro atoms. The number of carbonyl (C=O) groups excluding carboxylic acids is 1. The molecule has 3 aromatic rings. The Morgan fingerprint density at radius 3 is 2.83 bits per heavy atom. The predicted octanol–water partition coefficient (Wildman–Crippen LogP) is 5.25. The average Bonchev–Trinajstić information content (AvgIpc) is 2.86. The summed E-state index contributed by atoms with van der Waals surface area (Å²) >= 11 is 13.5. The molecule has 1 heterocycles. The number of rotatable bonds is 3. The van der Waals surface area contributed by atoms with Gasteiger partial charge in [0.25, 0.3) is 5.91 Å². The Bertz CT molecular complexity index is 1020. The summed E-state index contributed by atoms with van der Waals surface area (Å²) < 4.78 is 3.06. The first-order valence-corrected chi connectivity index (χ1v) is 8.82. The Morgan fingerprint density at radius 1 is 1.33 bits per heavy atom. The lowest BCUT2D eigenvalue weighted by atomic mass is 10.2. The number of aryl methyl sites for hydroxylation is 1. The summed E-state index contributed by atoms with van der Waals surface area (Å²) in [7, 11) is 0. The van der Waals surface area contributed by atoms with Gasteiger partial charge in [-0.25, -0.2) is 0 Å². The van der Waals surface area contributed by atoms with Gasteiger partial charge in [-0.3, -0.25) is 4.79 Å². The number of hydrogen-bond donors (Lipinski definition) is 0. The number of para-hydroxylation sites is 1. The second kappa shape index (κ2) is 6.93. The second-order valence-electron chi connectivity index (χ2n) is 5.25.